The second kappa shape index (κ2) is 27.9. The van der Waals surface area contributed by atoms with Crippen LogP contribution < -0.4 is 5.48 Å². The fourth-order valence-corrected chi connectivity index (χ4v) is 9.00. The van der Waals surface area contributed by atoms with E-state index in [0.717, 1.165) is 44.2 Å². The first-order chi connectivity index (χ1) is 19.7. The molecule has 0 aromatic heterocycles. The first-order valence-electron chi connectivity index (χ1n) is 17.5. The van der Waals surface area contributed by atoms with Crippen molar-refractivity contribution in [1.82, 2.24) is 5.48 Å². The molecule has 1 saturated heterocycles. The van der Waals surface area contributed by atoms with Gasteiger partial charge in [0.25, 0.3) is 0 Å². The maximum atomic E-state index is 12.3. The van der Waals surface area contributed by atoms with Crippen LogP contribution in [-0.4, -0.2) is 39.4 Å². The van der Waals surface area contributed by atoms with E-state index >= 15 is 0 Å². The Morgan fingerprint density at radius 1 is 0.775 bits per heavy atom. The van der Waals surface area contributed by atoms with Gasteiger partial charge in [0.2, 0.25) is 0 Å². The summed E-state index contributed by atoms with van der Waals surface area (Å²) in [4.78, 5) is 12.3. The lowest BCUT2D eigenvalue weighted by atomic mass is 9.97. The maximum Gasteiger partial charge on any atom is 0.517 e. The predicted molar refractivity (Wildman–Crippen MR) is 176 cm³/mol. The van der Waals surface area contributed by atoms with Crippen molar-refractivity contribution in [2.75, 3.05) is 25.5 Å². The van der Waals surface area contributed by atoms with Gasteiger partial charge in [-0.05, 0) is 38.5 Å². The maximum absolute atomic E-state index is 12.3. The summed E-state index contributed by atoms with van der Waals surface area (Å²) in [5, 5.41) is 0.336. The third kappa shape index (κ3) is 21.7. The van der Waals surface area contributed by atoms with E-state index < -0.39 is 8.80 Å². The topological polar surface area (TPSA) is 56.8 Å². The third-order valence-corrected chi connectivity index (χ3v) is 12.0. The van der Waals surface area contributed by atoms with E-state index in [1.807, 2.05) is 6.92 Å². The second-order valence-electron chi connectivity index (χ2n) is 11.9. The first kappa shape index (κ1) is 38.1. The van der Waals surface area contributed by atoms with Crippen LogP contribution in [0.15, 0.2) is 0 Å². The molecule has 1 heterocycles. The second-order valence-corrected chi connectivity index (χ2v) is 15.7. The molecule has 1 N–H and O–H groups in total. The van der Waals surface area contributed by atoms with Gasteiger partial charge >= 0.3 is 8.80 Å². The molecule has 0 aromatic rings. The molecule has 1 aliphatic rings. The van der Waals surface area contributed by atoms with Gasteiger partial charge in [-0.1, -0.05) is 141 Å². The van der Waals surface area contributed by atoms with E-state index in [2.05, 4.69) is 19.3 Å². The number of rotatable bonds is 27. The first-order valence-corrected chi connectivity index (χ1v) is 20.4. The highest BCUT2D eigenvalue weighted by Crippen LogP contribution is 2.24. The highest BCUT2D eigenvalue weighted by atomic mass is 32.2. The lowest BCUT2D eigenvalue weighted by Crippen LogP contribution is -2.52. The summed E-state index contributed by atoms with van der Waals surface area (Å²) in [5.74, 6) is 1.43. The fourth-order valence-electron chi connectivity index (χ4n) is 5.56. The Hall–Kier alpha value is 0.0769. The van der Waals surface area contributed by atoms with Gasteiger partial charge in [-0.15, -0.1) is 0 Å². The quantitative estimate of drug-likeness (QED) is 0.0746. The summed E-state index contributed by atoms with van der Waals surface area (Å²) < 4.78 is 18.5. The molecule has 0 aromatic carbocycles. The highest BCUT2D eigenvalue weighted by Gasteiger charge is 2.42. The molecule has 238 valence electrons. The lowest BCUT2D eigenvalue weighted by molar-refractivity contribution is -0.111. The van der Waals surface area contributed by atoms with Crippen LogP contribution in [0.5, 0.6) is 0 Å². The Labute approximate surface area is 254 Å². The van der Waals surface area contributed by atoms with Crippen molar-refractivity contribution in [3.8, 4) is 0 Å². The van der Waals surface area contributed by atoms with Crippen LogP contribution in [0.2, 0.25) is 6.04 Å². The monoisotopic (exact) mass is 601 g/mol. The van der Waals surface area contributed by atoms with Gasteiger partial charge in [-0.25, -0.2) is 5.48 Å². The normalized spacial score (nSPS) is 19.9. The largest absolute Gasteiger partial charge is 0.517 e. The van der Waals surface area contributed by atoms with E-state index in [9.17, 15) is 4.79 Å². The molecular formula is C33H67NO4SSi. The van der Waals surface area contributed by atoms with Crippen molar-refractivity contribution in [2.45, 2.75) is 174 Å². The number of hydrogen-bond donors (Lipinski definition) is 1. The number of hydrogen-bond acceptors (Lipinski definition) is 6. The molecule has 0 radical (unpaired) electrons. The number of nitrogens with one attached hydrogen (secondary N) is 1. The Balaban J connectivity index is 2.11. The van der Waals surface area contributed by atoms with Crippen molar-refractivity contribution in [2.24, 2.45) is 5.92 Å². The Morgan fingerprint density at radius 2 is 1.32 bits per heavy atom. The molecule has 7 heteroatoms. The Bertz CT molecular complexity index is 559. The van der Waals surface area contributed by atoms with Crippen LogP contribution in [0.4, 0.5) is 0 Å². The number of carbonyl (C=O) groups excluding carboxylic acids is 1. The molecule has 5 nitrogen and oxygen atoms in total. The van der Waals surface area contributed by atoms with Gasteiger partial charge in [-0.3, -0.25) is 9.32 Å². The molecular weight excluding hydrogens is 535 g/mol. The molecule has 2 unspecified atom stereocenters. The number of thioether (sulfide) groups is 1. The van der Waals surface area contributed by atoms with Crippen LogP contribution in [-0.2, 0) is 18.2 Å². The average Bonchev–Trinajstić information content (AvgIpc) is 2.94. The van der Waals surface area contributed by atoms with Crippen molar-refractivity contribution in [3.05, 3.63) is 0 Å². The predicted octanol–water partition coefficient (Wildman–Crippen LogP) is 10.4. The van der Waals surface area contributed by atoms with Gasteiger partial charge in [0.1, 0.15) is 0 Å². The van der Waals surface area contributed by atoms with Crippen molar-refractivity contribution in [3.63, 3.8) is 0 Å². The van der Waals surface area contributed by atoms with Crippen molar-refractivity contribution in [1.29, 1.82) is 0 Å². The number of hydroxylamine groups is 1. The minimum Gasteiger partial charge on any atom is -0.373 e. The molecule has 0 spiro atoms. The van der Waals surface area contributed by atoms with Crippen LogP contribution in [0.25, 0.3) is 0 Å². The molecule has 2 atom stereocenters. The minimum absolute atomic E-state index is 0.336. The molecule has 1 rings (SSSR count). The van der Waals surface area contributed by atoms with E-state index in [1.54, 1.807) is 0 Å². The van der Waals surface area contributed by atoms with E-state index in [1.165, 1.54) is 134 Å². The summed E-state index contributed by atoms with van der Waals surface area (Å²) in [6, 6.07) is 0.773. The average molecular weight is 602 g/mol. The smallest absolute Gasteiger partial charge is 0.373 e. The SMILES string of the molecule is CCCCCCCCCCCCC1CCO[Si](CCCSC(=O)CCCCCCCCCCC)(OCC)ONC1. The van der Waals surface area contributed by atoms with Gasteiger partial charge < -0.3 is 8.85 Å². The Morgan fingerprint density at radius 3 is 1.90 bits per heavy atom. The summed E-state index contributed by atoms with van der Waals surface area (Å²) in [5.41, 5.74) is 3.24. The van der Waals surface area contributed by atoms with Gasteiger partial charge in [0, 0.05) is 38.0 Å². The van der Waals surface area contributed by atoms with Crippen LogP contribution in [0.3, 0.4) is 0 Å². The minimum atomic E-state index is -2.72. The highest BCUT2D eigenvalue weighted by molar-refractivity contribution is 8.13. The summed E-state index contributed by atoms with van der Waals surface area (Å²) in [6.07, 6.45) is 29.4. The lowest BCUT2D eigenvalue weighted by Gasteiger charge is -2.33. The number of unbranched alkanes of at least 4 members (excludes halogenated alkanes) is 17. The molecule has 0 amide bonds. The van der Waals surface area contributed by atoms with Gasteiger partial charge in [-0.2, -0.15) is 0 Å². The zero-order valence-corrected chi connectivity index (χ0v) is 28.7. The van der Waals surface area contributed by atoms with Crippen LogP contribution in [0.1, 0.15) is 168 Å². The fraction of sp³-hybridized carbons (Fsp3) is 0.970. The third-order valence-electron chi connectivity index (χ3n) is 8.15. The van der Waals surface area contributed by atoms with Crippen LogP contribution >= 0.6 is 11.8 Å². The van der Waals surface area contributed by atoms with Gasteiger partial charge in [0.15, 0.2) is 5.12 Å². The summed E-state index contributed by atoms with van der Waals surface area (Å²) in [6.45, 7) is 8.76. The van der Waals surface area contributed by atoms with Crippen LogP contribution in [0, 0.1) is 5.92 Å². The molecule has 1 fully saturated rings. The molecule has 0 aliphatic carbocycles. The molecule has 0 saturated carbocycles. The molecule has 0 bridgehead atoms. The van der Waals surface area contributed by atoms with E-state index in [0.29, 0.717) is 24.1 Å². The standard InChI is InChI=1S/C33H67NO4SSi/c1-4-7-9-11-13-15-17-18-20-22-25-32-27-28-37-40(36-6-3,38-34-31-32)30-24-29-39-33(35)26-23-21-19-16-14-12-10-8-5-2/h32,34H,4-31H2,1-3H3. The van der Waals surface area contributed by atoms with Crippen molar-refractivity contribution >= 4 is 25.7 Å². The Kier molecular flexibility index (Phi) is 26.6. The van der Waals surface area contributed by atoms with E-state index in [-0.39, 0.29) is 0 Å². The van der Waals surface area contributed by atoms with Crippen molar-refractivity contribution < 1.29 is 18.2 Å². The summed E-state index contributed by atoms with van der Waals surface area (Å²) in [7, 11) is -2.72. The zero-order chi connectivity index (χ0) is 29.0. The van der Waals surface area contributed by atoms with E-state index in [4.69, 9.17) is 13.4 Å². The molecule has 1 aliphatic heterocycles. The summed E-state index contributed by atoms with van der Waals surface area (Å²) >= 11 is 1.49. The van der Waals surface area contributed by atoms with Gasteiger partial charge in [0.05, 0.1) is 0 Å². The number of carbonyl (C=O) groups is 1. The molecule has 40 heavy (non-hydrogen) atoms. The zero-order valence-electron chi connectivity index (χ0n) is 26.9.